The summed E-state index contributed by atoms with van der Waals surface area (Å²) >= 11 is 6.40. The van der Waals surface area contributed by atoms with Gasteiger partial charge < -0.3 is 10.3 Å². The van der Waals surface area contributed by atoms with Gasteiger partial charge in [0, 0.05) is 17.6 Å². The van der Waals surface area contributed by atoms with E-state index in [2.05, 4.69) is 36.1 Å². The van der Waals surface area contributed by atoms with Crippen LogP contribution in [0.15, 0.2) is 18.5 Å². The molecule has 0 amide bonds. The number of anilines is 1. The Balaban J connectivity index is 1.92. The Morgan fingerprint density at radius 3 is 2.95 bits per heavy atom. The highest BCUT2D eigenvalue weighted by Crippen LogP contribution is 2.38. The maximum Gasteiger partial charge on any atom is 0.139 e. The van der Waals surface area contributed by atoms with Gasteiger partial charge in [-0.15, -0.1) is 0 Å². The first-order valence-corrected chi connectivity index (χ1v) is 8.32. The molecule has 0 aromatic carbocycles. The van der Waals surface area contributed by atoms with Crippen molar-refractivity contribution in [3.8, 4) is 0 Å². The lowest BCUT2D eigenvalue weighted by Gasteiger charge is -2.38. The Hall–Kier alpha value is -1.22. The average molecular weight is 306 g/mol. The van der Waals surface area contributed by atoms with Crippen molar-refractivity contribution in [2.75, 3.05) is 5.32 Å². The Bertz CT molecular complexity index is 620. The van der Waals surface area contributed by atoms with Crippen LogP contribution in [0, 0.1) is 17.8 Å². The van der Waals surface area contributed by atoms with Crippen LogP contribution in [-0.4, -0.2) is 16.0 Å². The van der Waals surface area contributed by atoms with Crippen LogP contribution in [-0.2, 0) is 0 Å². The standard InChI is InChI=1S/C17H24ClN3/c1-10(2)12-5-4-11(3)8-15(12)21-16-13-6-7-19-17(13)20-9-14(16)18/h6-7,9-12,15H,4-5,8H2,1-3H3,(H2,19,20,21)/t11-,12?,15?/m1/s1. The fourth-order valence-electron chi connectivity index (χ4n) is 3.68. The van der Waals surface area contributed by atoms with E-state index in [0.29, 0.717) is 22.9 Å². The van der Waals surface area contributed by atoms with Crippen molar-refractivity contribution >= 4 is 28.3 Å². The van der Waals surface area contributed by atoms with Crippen LogP contribution in [0.4, 0.5) is 5.69 Å². The summed E-state index contributed by atoms with van der Waals surface area (Å²) in [6.07, 6.45) is 7.51. The number of aromatic nitrogens is 2. The number of nitrogens with zero attached hydrogens (tertiary/aromatic N) is 1. The zero-order chi connectivity index (χ0) is 15.0. The number of aromatic amines is 1. The van der Waals surface area contributed by atoms with Gasteiger partial charge in [0.25, 0.3) is 0 Å². The lowest BCUT2D eigenvalue weighted by Crippen LogP contribution is -2.37. The molecule has 2 aromatic rings. The highest BCUT2D eigenvalue weighted by molar-refractivity contribution is 6.34. The Labute approximate surface area is 131 Å². The van der Waals surface area contributed by atoms with Crippen molar-refractivity contribution in [2.45, 2.75) is 46.1 Å². The molecule has 0 bridgehead atoms. The zero-order valence-corrected chi connectivity index (χ0v) is 13.7. The van der Waals surface area contributed by atoms with E-state index in [1.54, 1.807) is 6.20 Å². The van der Waals surface area contributed by atoms with Gasteiger partial charge in [-0.25, -0.2) is 4.98 Å². The summed E-state index contributed by atoms with van der Waals surface area (Å²) in [5.74, 6) is 2.18. The molecule has 0 radical (unpaired) electrons. The van der Waals surface area contributed by atoms with E-state index in [9.17, 15) is 0 Å². The van der Waals surface area contributed by atoms with Crippen molar-refractivity contribution in [2.24, 2.45) is 17.8 Å². The molecule has 0 spiro atoms. The third kappa shape index (κ3) is 2.89. The molecule has 1 aliphatic carbocycles. The quantitative estimate of drug-likeness (QED) is 0.829. The minimum Gasteiger partial charge on any atom is -0.380 e. The number of H-pyrrole nitrogens is 1. The van der Waals surface area contributed by atoms with Crippen LogP contribution >= 0.6 is 11.6 Å². The first kappa shape index (κ1) is 14.7. The van der Waals surface area contributed by atoms with Crippen molar-refractivity contribution in [3.05, 3.63) is 23.5 Å². The topological polar surface area (TPSA) is 40.7 Å². The number of halogens is 1. The smallest absolute Gasteiger partial charge is 0.139 e. The number of hydrogen-bond acceptors (Lipinski definition) is 2. The molecule has 3 rings (SSSR count). The Morgan fingerprint density at radius 1 is 1.38 bits per heavy atom. The van der Waals surface area contributed by atoms with E-state index in [0.717, 1.165) is 22.6 Å². The second-order valence-corrected chi connectivity index (χ2v) is 7.21. The minimum atomic E-state index is 0.492. The van der Waals surface area contributed by atoms with Gasteiger partial charge >= 0.3 is 0 Å². The number of pyridine rings is 1. The van der Waals surface area contributed by atoms with Gasteiger partial charge in [0.05, 0.1) is 16.9 Å². The number of hydrogen-bond donors (Lipinski definition) is 2. The SMILES string of the molecule is CC(C)C1CC[C@@H](C)CC1Nc1c(Cl)cnc2[nH]ccc12. The second-order valence-electron chi connectivity index (χ2n) is 6.80. The maximum atomic E-state index is 6.40. The van der Waals surface area contributed by atoms with Gasteiger partial charge in [-0.3, -0.25) is 0 Å². The Morgan fingerprint density at radius 2 is 2.19 bits per heavy atom. The van der Waals surface area contributed by atoms with Crippen LogP contribution in [0.5, 0.6) is 0 Å². The van der Waals surface area contributed by atoms with Crippen LogP contribution in [0.2, 0.25) is 5.02 Å². The normalized spacial score (nSPS) is 26.4. The first-order valence-electron chi connectivity index (χ1n) is 7.94. The van der Waals surface area contributed by atoms with E-state index in [1.165, 1.54) is 19.3 Å². The van der Waals surface area contributed by atoms with E-state index in [1.807, 2.05) is 12.3 Å². The highest BCUT2D eigenvalue weighted by atomic mass is 35.5. The molecule has 114 valence electrons. The summed E-state index contributed by atoms with van der Waals surface area (Å²) in [6, 6.07) is 2.54. The summed E-state index contributed by atoms with van der Waals surface area (Å²) in [4.78, 5) is 7.49. The van der Waals surface area contributed by atoms with Crippen molar-refractivity contribution in [1.29, 1.82) is 0 Å². The number of fused-ring (bicyclic) bond motifs is 1. The summed E-state index contributed by atoms with van der Waals surface area (Å²) in [5.41, 5.74) is 1.93. The maximum absolute atomic E-state index is 6.40. The first-order chi connectivity index (χ1) is 10.1. The molecule has 2 unspecified atom stereocenters. The molecule has 1 fully saturated rings. The van der Waals surface area contributed by atoms with Crippen LogP contribution < -0.4 is 5.32 Å². The van der Waals surface area contributed by atoms with Crippen molar-refractivity contribution < 1.29 is 0 Å². The minimum absolute atomic E-state index is 0.492. The van der Waals surface area contributed by atoms with Gasteiger partial charge in [0.1, 0.15) is 5.65 Å². The Kier molecular flexibility index (Phi) is 4.12. The third-order valence-corrected chi connectivity index (χ3v) is 5.18. The lowest BCUT2D eigenvalue weighted by molar-refractivity contribution is 0.212. The van der Waals surface area contributed by atoms with E-state index >= 15 is 0 Å². The summed E-state index contributed by atoms with van der Waals surface area (Å²) < 4.78 is 0. The lowest BCUT2D eigenvalue weighted by atomic mass is 9.74. The largest absolute Gasteiger partial charge is 0.380 e. The molecule has 2 aromatic heterocycles. The van der Waals surface area contributed by atoms with Crippen LogP contribution in [0.1, 0.15) is 40.0 Å². The zero-order valence-electron chi connectivity index (χ0n) is 13.0. The molecule has 1 saturated carbocycles. The fraction of sp³-hybridized carbons (Fsp3) is 0.588. The number of rotatable bonds is 3. The van der Waals surface area contributed by atoms with Gasteiger partial charge in [0.15, 0.2) is 0 Å². The molecule has 3 nitrogen and oxygen atoms in total. The molecule has 0 aliphatic heterocycles. The molecule has 0 saturated heterocycles. The molecule has 3 atom stereocenters. The predicted octanol–water partition coefficient (Wildman–Crippen LogP) is 5.09. The fourth-order valence-corrected chi connectivity index (χ4v) is 3.89. The van der Waals surface area contributed by atoms with E-state index < -0.39 is 0 Å². The molecular weight excluding hydrogens is 282 g/mol. The van der Waals surface area contributed by atoms with Gasteiger partial charge in [0.2, 0.25) is 0 Å². The molecule has 1 aliphatic rings. The molecule has 21 heavy (non-hydrogen) atoms. The molecule has 2 N–H and O–H groups in total. The van der Waals surface area contributed by atoms with Crippen molar-refractivity contribution in [1.82, 2.24) is 9.97 Å². The molecule has 4 heteroatoms. The van der Waals surface area contributed by atoms with Gasteiger partial charge in [-0.1, -0.05) is 38.8 Å². The molecular formula is C17H24ClN3. The third-order valence-electron chi connectivity index (χ3n) is 4.89. The van der Waals surface area contributed by atoms with Gasteiger partial charge in [-0.2, -0.15) is 0 Å². The summed E-state index contributed by atoms with van der Waals surface area (Å²) in [7, 11) is 0. The van der Waals surface area contributed by atoms with E-state index in [4.69, 9.17) is 11.6 Å². The predicted molar refractivity (Wildman–Crippen MR) is 89.9 cm³/mol. The highest BCUT2D eigenvalue weighted by Gasteiger charge is 2.31. The van der Waals surface area contributed by atoms with Crippen LogP contribution in [0.3, 0.4) is 0 Å². The summed E-state index contributed by atoms with van der Waals surface area (Å²) in [5, 5.41) is 5.55. The average Bonchev–Trinajstić information content (AvgIpc) is 2.90. The molecule has 2 heterocycles. The van der Waals surface area contributed by atoms with Crippen molar-refractivity contribution in [3.63, 3.8) is 0 Å². The van der Waals surface area contributed by atoms with E-state index in [-0.39, 0.29) is 0 Å². The monoisotopic (exact) mass is 305 g/mol. The van der Waals surface area contributed by atoms with Crippen LogP contribution in [0.25, 0.3) is 11.0 Å². The van der Waals surface area contributed by atoms with Gasteiger partial charge in [-0.05, 0) is 36.7 Å². The summed E-state index contributed by atoms with van der Waals surface area (Å²) in [6.45, 7) is 7.01. The second kappa shape index (κ2) is 5.88. The number of nitrogens with one attached hydrogen (secondary N) is 2.